The number of nitrogens with one attached hydrogen (secondary N) is 2. The maximum Gasteiger partial charge on any atom is 0.440 e. The number of carbonyl (C=O) groups excluding carboxylic acids is 3. The lowest BCUT2D eigenvalue weighted by Gasteiger charge is -2.29. The molecule has 8 nitrogen and oxygen atoms in total. The van der Waals surface area contributed by atoms with E-state index in [2.05, 4.69) is 0 Å². The van der Waals surface area contributed by atoms with Gasteiger partial charge in [0, 0.05) is 6.54 Å². The van der Waals surface area contributed by atoms with E-state index < -0.39 is 29.7 Å². The van der Waals surface area contributed by atoms with E-state index in [1.165, 1.54) is 31.7 Å². The van der Waals surface area contributed by atoms with Gasteiger partial charge in [-0.1, -0.05) is 12.1 Å². The molecule has 2 N–H and O–H groups in total. The van der Waals surface area contributed by atoms with Gasteiger partial charge in [-0.3, -0.25) is 19.8 Å². The molecule has 1 saturated heterocycles. The molecule has 0 bridgehead atoms. The lowest BCUT2D eigenvalue weighted by atomic mass is 10.1. The number of amides is 4. The molecule has 12 heteroatoms. The first kappa shape index (κ1) is 22.4. The van der Waals surface area contributed by atoms with Gasteiger partial charge < -0.3 is 14.8 Å². The molecule has 4 amide bonds. The van der Waals surface area contributed by atoms with E-state index in [1.807, 2.05) is 0 Å². The number of urea groups is 1. The highest BCUT2D eigenvalue weighted by molar-refractivity contribution is 7.12. The number of thiophene rings is 1. The van der Waals surface area contributed by atoms with Gasteiger partial charge in [0.15, 0.2) is 11.5 Å². The molecular formula is C19H18F3N3O5S. The third kappa shape index (κ3) is 4.15. The molecule has 2 aromatic rings. The van der Waals surface area contributed by atoms with Gasteiger partial charge in [0.1, 0.15) is 0 Å². The van der Waals surface area contributed by atoms with Crippen molar-refractivity contribution in [3.05, 3.63) is 46.2 Å². The molecule has 0 unspecified atom stereocenters. The highest BCUT2D eigenvalue weighted by Crippen LogP contribution is 2.34. The zero-order valence-electron chi connectivity index (χ0n) is 16.4. The fraction of sp³-hybridized carbons (Fsp3) is 0.316. The number of halogens is 3. The number of hydrogen-bond donors (Lipinski definition) is 2. The molecule has 1 aromatic heterocycles. The van der Waals surface area contributed by atoms with Gasteiger partial charge in [0.05, 0.1) is 19.1 Å². The van der Waals surface area contributed by atoms with Crippen LogP contribution in [-0.4, -0.2) is 55.3 Å². The van der Waals surface area contributed by atoms with Crippen LogP contribution in [0.4, 0.5) is 18.0 Å². The molecule has 0 saturated carbocycles. The minimum atomic E-state index is -5.26. The molecule has 0 radical (unpaired) electrons. The predicted octanol–water partition coefficient (Wildman–Crippen LogP) is 2.55. The van der Waals surface area contributed by atoms with Gasteiger partial charge in [-0.05, 0) is 35.6 Å². The smallest absolute Gasteiger partial charge is 0.440 e. The van der Waals surface area contributed by atoms with E-state index >= 15 is 0 Å². The molecule has 31 heavy (non-hydrogen) atoms. The number of benzene rings is 1. The predicted molar refractivity (Wildman–Crippen MR) is 104 cm³/mol. The van der Waals surface area contributed by atoms with Crippen LogP contribution in [0.2, 0.25) is 0 Å². The Bertz CT molecular complexity index is 996. The Morgan fingerprint density at radius 1 is 1.19 bits per heavy atom. The van der Waals surface area contributed by atoms with Crippen LogP contribution in [0.5, 0.6) is 11.5 Å². The van der Waals surface area contributed by atoms with E-state index in [-0.39, 0.29) is 17.8 Å². The third-order valence-corrected chi connectivity index (χ3v) is 5.52. The summed E-state index contributed by atoms with van der Waals surface area (Å²) in [6.45, 7) is -0.340. The summed E-state index contributed by atoms with van der Waals surface area (Å²) in [6, 6.07) is 6.35. The second kappa shape index (κ2) is 8.46. The van der Waals surface area contributed by atoms with Crippen LogP contribution in [-0.2, 0) is 11.2 Å². The number of nitrogens with zero attached hydrogens (tertiary/aromatic N) is 1. The molecule has 0 spiro atoms. The Hall–Kier alpha value is -3.28. The van der Waals surface area contributed by atoms with Crippen LogP contribution < -0.4 is 20.1 Å². The molecule has 2 heterocycles. The van der Waals surface area contributed by atoms with Gasteiger partial charge in [0.25, 0.3) is 17.5 Å². The quantitative estimate of drug-likeness (QED) is 0.623. The summed E-state index contributed by atoms with van der Waals surface area (Å²) in [5.41, 5.74) is -2.94. The number of carbonyl (C=O) groups is 3. The summed E-state index contributed by atoms with van der Waals surface area (Å²) in [5, 5.41) is 4.78. The number of rotatable bonds is 7. The SMILES string of the molecule is COc1ccc(CCN2C(=O)N[C@](NC(=O)c3cccs3)(C(F)(F)F)C2=O)cc1OC. The maximum atomic E-state index is 13.9. The molecule has 166 valence electrons. The zero-order chi connectivity index (χ0) is 22.8. The summed E-state index contributed by atoms with van der Waals surface area (Å²) in [4.78, 5) is 37.6. The van der Waals surface area contributed by atoms with Crippen LogP contribution in [0.3, 0.4) is 0 Å². The fourth-order valence-corrected chi connectivity index (χ4v) is 3.66. The number of imide groups is 1. The second-order valence-electron chi connectivity index (χ2n) is 6.51. The topological polar surface area (TPSA) is 97.0 Å². The van der Waals surface area contributed by atoms with Crippen molar-refractivity contribution >= 4 is 29.2 Å². The van der Waals surface area contributed by atoms with Crippen molar-refractivity contribution in [2.24, 2.45) is 0 Å². The van der Waals surface area contributed by atoms with Gasteiger partial charge in [-0.15, -0.1) is 11.3 Å². The summed E-state index contributed by atoms with van der Waals surface area (Å²) >= 11 is 0.901. The first-order chi connectivity index (χ1) is 14.6. The Morgan fingerprint density at radius 3 is 2.48 bits per heavy atom. The Morgan fingerprint density at radius 2 is 1.90 bits per heavy atom. The highest BCUT2D eigenvalue weighted by atomic mass is 32.1. The summed E-state index contributed by atoms with van der Waals surface area (Å²) in [6.07, 6.45) is -5.20. The number of hydrogen-bond acceptors (Lipinski definition) is 6. The average Bonchev–Trinajstić information content (AvgIpc) is 3.34. The minimum Gasteiger partial charge on any atom is -0.493 e. The van der Waals surface area contributed by atoms with Crippen molar-refractivity contribution < 1.29 is 37.0 Å². The molecule has 1 aromatic carbocycles. The largest absolute Gasteiger partial charge is 0.493 e. The molecule has 1 aliphatic heterocycles. The summed E-state index contributed by atoms with van der Waals surface area (Å²) in [7, 11) is 2.87. The lowest BCUT2D eigenvalue weighted by Crippen LogP contribution is -2.69. The first-order valence-corrected chi connectivity index (χ1v) is 9.78. The summed E-state index contributed by atoms with van der Waals surface area (Å²) < 4.78 is 51.9. The van der Waals surface area contributed by atoms with Crippen LogP contribution in [0.15, 0.2) is 35.7 Å². The number of alkyl halides is 3. The Balaban J connectivity index is 1.81. The molecule has 1 fully saturated rings. The van der Waals surface area contributed by atoms with E-state index in [0.717, 1.165) is 11.3 Å². The van der Waals surface area contributed by atoms with Crippen LogP contribution >= 0.6 is 11.3 Å². The van der Waals surface area contributed by atoms with Crippen molar-refractivity contribution in [2.45, 2.75) is 18.3 Å². The Labute approximate surface area is 178 Å². The number of methoxy groups -OCH3 is 2. The molecule has 1 atom stereocenters. The van der Waals surface area contributed by atoms with E-state index in [1.54, 1.807) is 28.8 Å². The average molecular weight is 457 g/mol. The van der Waals surface area contributed by atoms with Crippen molar-refractivity contribution in [1.29, 1.82) is 0 Å². The van der Waals surface area contributed by atoms with Crippen molar-refractivity contribution in [2.75, 3.05) is 20.8 Å². The van der Waals surface area contributed by atoms with Gasteiger partial charge in [-0.2, -0.15) is 13.2 Å². The van der Waals surface area contributed by atoms with Crippen molar-refractivity contribution in [1.82, 2.24) is 15.5 Å². The normalized spacial score (nSPS) is 18.7. The number of ether oxygens (including phenoxy) is 2. The van der Waals surface area contributed by atoms with Crippen LogP contribution in [0, 0.1) is 0 Å². The molecule has 3 rings (SSSR count). The highest BCUT2D eigenvalue weighted by Gasteiger charge is 2.68. The fourth-order valence-electron chi connectivity index (χ4n) is 3.04. The monoisotopic (exact) mass is 457 g/mol. The van der Waals surface area contributed by atoms with E-state index in [0.29, 0.717) is 22.0 Å². The van der Waals surface area contributed by atoms with Gasteiger partial charge >= 0.3 is 12.2 Å². The van der Waals surface area contributed by atoms with Gasteiger partial charge in [0.2, 0.25) is 0 Å². The summed E-state index contributed by atoms with van der Waals surface area (Å²) in [5.74, 6) is -1.88. The molecule has 0 aliphatic carbocycles. The minimum absolute atomic E-state index is 0.0329. The van der Waals surface area contributed by atoms with Crippen molar-refractivity contribution in [3.8, 4) is 11.5 Å². The lowest BCUT2D eigenvalue weighted by molar-refractivity contribution is -0.200. The van der Waals surface area contributed by atoms with Crippen LogP contribution in [0.25, 0.3) is 0 Å². The molecule has 1 aliphatic rings. The third-order valence-electron chi connectivity index (χ3n) is 4.65. The van der Waals surface area contributed by atoms with E-state index in [9.17, 15) is 27.6 Å². The zero-order valence-corrected chi connectivity index (χ0v) is 17.2. The van der Waals surface area contributed by atoms with Crippen LogP contribution in [0.1, 0.15) is 15.2 Å². The first-order valence-electron chi connectivity index (χ1n) is 8.90. The second-order valence-corrected chi connectivity index (χ2v) is 7.45. The van der Waals surface area contributed by atoms with E-state index in [4.69, 9.17) is 9.47 Å². The molecular weight excluding hydrogens is 439 g/mol. The standard InChI is InChI=1S/C19H18F3N3O5S/c1-29-12-6-5-11(10-13(12)30-2)7-8-25-16(27)18(19(20,21)22,24-17(25)28)23-15(26)14-4-3-9-31-14/h3-6,9-10H,7-8H2,1-2H3,(H,23,26)(H,24,28)/t18-/m0/s1. The van der Waals surface area contributed by atoms with Crippen molar-refractivity contribution in [3.63, 3.8) is 0 Å². The maximum absolute atomic E-state index is 13.9. The van der Waals surface area contributed by atoms with Gasteiger partial charge in [-0.25, -0.2) is 4.79 Å². The Kier molecular flexibility index (Phi) is 6.11.